The van der Waals surface area contributed by atoms with Crippen LogP contribution in [0.15, 0.2) is 53.6 Å². The van der Waals surface area contributed by atoms with E-state index in [1.54, 1.807) is 42.5 Å². The van der Waals surface area contributed by atoms with Crippen LogP contribution in [0, 0.1) is 0 Å². The first-order valence-corrected chi connectivity index (χ1v) is 14.1. The van der Waals surface area contributed by atoms with Crippen LogP contribution in [-0.4, -0.2) is 37.7 Å². The summed E-state index contributed by atoms with van der Waals surface area (Å²) < 4.78 is 10.8. The maximum atomic E-state index is 12.3. The van der Waals surface area contributed by atoms with Gasteiger partial charge in [0.15, 0.2) is 11.5 Å². The lowest BCUT2D eigenvalue weighted by Crippen LogP contribution is -2.34. The summed E-state index contributed by atoms with van der Waals surface area (Å²) in [6.07, 6.45) is 15.4. The molecule has 0 atom stereocenters. The Labute approximate surface area is 232 Å². The molecule has 8 heteroatoms. The number of ether oxygens (including phenoxy) is 2. The first kappa shape index (κ1) is 31.5. The molecule has 0 spiro atoms. The zero-order valence-electron chi connectivity index (χ0n) is 23.4. The topological polar surface area (TPSA) is 106 Å². The van der Waals surface area contributed by atoms with Crippen LogP contribution in [0.3, 0.4) is 0 Å². The molecule has 2 aromatic carbocycles. The highest BCUT2D eigenvalue weighted by molar-refractivity contribution is 5.91. The highest BCUT2D eigenvalue weighted by Gasteiger charge is 2.12. The second-order valence-corrected chi connectivity index (χ2v) is 9.52. The number of nitrogens with one attached hydrogen (secondary N) is 2. The maximum absolute atomic E-state index is 12.3. The van der Waals surface area contributed by atoms with Crippen molar-refractivity contribution in [2.75, 3.05) is 13.7 Å². The maximum Gasteiger partial charge on any atom is 0.343 e. The van der Waals surface area contributed by atoms with Gasteiger partial charge in [0, 0.05) is 6.42 Å². The molecule has 212 valence electrons. The Bertz CT molecular complexity index is 1040. The number of rotatable bonds is 19. The molecular weight excluding hydrogens is 494 g/mol. The van der Waals surface area contributed by atoms with Crippen molar-refractivity contribution in [3.8, 4) is 11.5 Å². The van der Waals surface area contributed by atoms with Crippen LogP contribution in [0.2, 0.25) is 0 Å². The summed E-state index contributed by atoms with van der Waals surface area (Å²) in [5.41, 5.74) is 3.45. The molecule has 2 rings (SSSR count). The molecule has 2 amide bonds. The predicted octanol–water partition coefficient (Wildman–Crippen LogP) is 6.18. The Morgan fingerprint density at radius 3 is 2.08 bits per heavy atom. The summed E-state index contributed by atoms with van der Waals surface area (Å²) in [5.74, 6) is -0.417. The zero-order valence-corrected chi connectivity index (χ0v) is 23.4. The summed E-state index contributed by atoms with van der Waals surface area (Å²) in [6.45, 7) is 2.10. The van der Waals surface area contributed by atoms with Crippen molar-refractivity contribution in [2.45, 2.75) is 84.0 Å². The molecule has 0 radical (unpaired) electrons. The van der Waals surface area contributed by atoms with Gasteiger partial charge in [0.05, 0.1) is 25.4 Å². The lowest BCUT2D eigenvalue weighted by atomic mass is 10.1. The van der Waals surface area contributed by atoms with Gasteiger partial charge < -0.3 is 14.8 Å². The molecule has 0 saturated heterocycles. The highest BCUT2D eigenvalue weighted by Crippen LogP contribution is 2.28. The number of benzene rings is 2. The van der Waals surface area contributed by atoms with E-state index in [0.29, 0.717) is 23.3 Å². The van der Waals surface area contributed by atoms with Gasteiger partial charge in [-0.2, -0.15) is 5.10 Å². The fourth-order valence-corrected chi connectivity index (χ4v) is 4.02. The third-order valence-electron chi connectivity index (χ3n) is 6.26. The van der Waals surface area contributed by atoms with Crippen molar-refractivity contribution in [3.05, 3.63) is 59.7 Å². The standard InChI is InChI=1S/C31H43N3O5/c1-3-4-5-6-7-8-9-10-11-12-16-19-29(35)32-24-30(36)34-33-23-25-20-21-27(28(22-25)38-2)39-31(37)26-17-14-13-15-18-26/h13-15,17-18,20-23H,3-12,16,19,24H2,1-2H3,(H,32,35)(H,34,36)/b33-23-. The normalized spacial score (nSPS) is 10.8. The smallest absolute Gasteiger partial charge is 0.343 e. The van der Waals surface area contributed by atoms with Crippen LogP contribution in [0.1, 0.15) is 99.9 Å². The Kier molecular flexibility index (Phi) is 15.7. The summed E-state index contributed by atoms with van der Waals surface area (Å²) in [6, 6.07) is 13.6. The number of unbranched alkanes of at least 4 members (excludes halogenated alkanes) is 10. The average Bonchev–Trinajstić information content (AvgIpc) is 2.96. The zero-order chi connectivity index (χ0) is 28.1. The molecule has 0 fully saturated rings. The predicted molar refractivity (Wildman–Crippen MR) is 154 cm³/mol. The number of amides is 2. The molecule has 39 heavy (non-hydrogen) atoms. The van der Waals surface area contributed by atoms with Gasteiger partial charge in [0.25, 0.3) is 5.91 Å². The van der Waals surface area contributed by atoms with Gasteiger partial charge in [-0.1, -0.05) is 89.3 Å². The molecule has 0 heterocycles. The molecule has 0 saturated carbocycles. The van der Waals surface area contributed by atoms with Gasteiger partial charge in [-0.15, -0.1) is 0 Å². The summed E-state index contributed by atoms with van der Waals surface area (Å²) in [7, 11) is 1.47. The second kappa shape index (κ2) is 19.4. The average molecular weight is 538 g/mol. The van der Waals surface area contributed by atoms with Crippen LogP contribution in [-0.2, 0) is 9.59 Å². The van der Waals surface area contributed by atoms with E-state index in [-0.39, 0.29) is 18.2 Å². The number of hydrogen-bond donors (Lipinski definition) is 2. The van der Waals surface area contributed by atoms with Crippen LogP contribution in [0.4, 0.5) is 0 Å². The SMILES string of the molecule is CCCCCCCCCCCCCC(=O)NCC(=O)N/N=C\c1ccc(OC(=O)c2ccccc2)c(OC)c1. The van der Waals surface area contributed by atoms with Crippen molar-refractivity contribution in [3.63, 3.8) is 0 Å². The summed E-state index contributed by atoms with van der Waals surface area (Å²) in [4.78, 5) is 36.3. The van der Waals surface area contributed by atoms with E-state index >= 15 is 0 Å². The van der Waals surface area contributed by atoms with E-state index in [9.17, 15) is 14.4 Å². The van der Waals surface area contributed by atoms with Crippen molar-refractivity contribution >= 4 is 24.0 Å². The lowest BCUT2D eigenvalue weighted by Gasteiger charge is -2.10. The Morgan fingerprint density at radius 2 is 1.44 bits per heavy atom. The van der Waals surface area contributed by atoms with Crippen LogP contribution < -0.4 is 20.2 Å². The quantitative estimate of drug-likeness (QED) is 0.0732. The van der Waals surface area contributed by atoms with Crippen LogP contribution in [0.5, 0.6) is 11.5 Å². The summed E-state index contributed by atoms with van der Waals surface area (Å²) in [5, 5.41) is 6.56. The summed E-state index contributed by atoms with van der Waals surface area (Å²) >= 11 is 0. The monoisotopic (exact) mass is 537 g/mol. The van der Waals surface area contributed by atoms with E-state index in [1.165, 1.54) is 64.7 Å². The Morgan fingerprint density at radius 1 is 0.795 bits per heavy atom. The molecule has 0 bridgehead atoms. The van der Waals surface area contributed by atoms with Gasteiger partial charge in [0.1, 0.15) is 0 Å². The molecule has 0 unspecified atom stereocenters. The van der Waals surface area contributed by atoms with Crippen LogP contribution in [0.25, 0.3) is 0 Å². The van der Waals surface area contributed by atoms with Crippen molar-refractivity contribution in [2.24, 2.45) is 5.10 Å². The van der Waals surface area contributed by atoms with E-state index < -0.39 is 11.9 Å². The third kappa shape index (κ3) is 13.6. The van der Waals surface area contributed by atoms with Gasteiger partial charge >= 0.3 is 5.97 Å². The van der Waals surface area contributed by atoms with Gasteiger partial charge in [-0.05, 0) is 42.3 Å². The molecule has 2 N–H and O–H groups in total. The number of carbonyl (C=O) groups is 3. The fourth-order valence-electron chi connectivity index (χ4n) is 4.02. The number of methoxy groups -OCH3 is 1. The number of nitrogens with zero attached hydrogens (tertiary/aromatic N) is 1. The van der Waals surface area contributed by atoms with E-state index in [4.69, 9.17) is 9.47 Å². The first-order valence-electron chi connectivity index (χ1n) is 14.1. The van der Waals surface area contributed by atoms with Crippen LogP contribution >= 0.6 is 0 Å². The van der Waals surface area contributed by atoms with Crippen molar-refractivity contribution < 1.29 is 23.9 Å². The number of hydrazone groups is 1. The number of hydrogen-bond acceptors (Lipinski definition) is 6. The van der Waals surface area contributed by atoms with E-state index in [2.05, 4.69) is 22.8 Å². The molecule has 0 aromatic heterocycles. The van der Waals surface area contributed by atoms with E-state index in [0.717, 1.165) is 19.3 Å². The van der Waals surface area contributed by atoms with Crippen molar-refractivity contribution in [1.82, 2.24) is 10.7 Å². The molecular formula is C31H43N3O5. The lowest BCUT2D eigenvalue weighted by molar-refractivity contribution is -0.126. The second-order valence-electron chi connectivity index (χ2n) is 9.52. The molecule has 8 nitrogen and oxygen atoms in total. The highest BCUT2D eigenvalue weighted by atomic mass is 16.6. The van der Waals surface area contributed by atoms with Gasteiger partial charge in [0.2, 0.25) is 5.91 Å². The van der Waals surface area contributed by atoms with Gasteiger partial charge in [-0.3, -0.25) is 9.59 Å². The third-order valence-corrected chi connectivity index (χ3v) is 6.26. The molecule has 0 aliphatic rings. The number of carbonyl (C=O) groups excluding carboxylic acids is 3. The molecule has 2 aromatic rings. The minimum atomic E-state index is -0.492. The molecule has 0 aliphatic carbocycles. The largest absolute Gasteiger partial charge is 0.493 e. The Hall–Kier alpha value is -3.68. The minimum Gasteiger partial charge on any atom is -0.493 e. The molecule has 0 aliphatic heterocycles. The van der Waals surface area contributed by atoms with Gasteiger partial charge in [-0.25, -0.2) is 10.2 Å². The first-order chi connectivity index (χ1) is 19.0. The Balaban J connectivity index is 1.60. The van der Waals surface area contributed by atoms with Crippen molar-refractivity contribution in [1.29, 1.82) is 0 Å². The fraction of sp³-hybridized carbons (Fsp3) is 0.484. The van der Waals surface area contributed by atoms with E-state index in [1.807, 2.05) is 6.07 Å². The minimum absolute atomic E-state index is 0.129. The number of esters is 1.